The fourth-order valence-electron chi connectivity index (χ4n) is 1.34. The average Bonchev–Trinajstić information content (AvgIpc) is 2.20. The summed E-state index contributed by atoms with van der Waals surface area (Å²) in [4.78, 5) is 11.7. The Morgan fingerprint density at radius 2 is 2.06 bits per heavy atom. The normalized spacial score (nSPS) is 11.4. The maximum absolute atomic E-state index is 11.0. The van der Waals surface area contributed by atoms with Gasteiger partial charge in [0.05, 0.1) is 11.3 Å². The molecule has 0 aliphatic carbocycles. The summed E-state index contributed by atoms with van der Waals surface area (Å²) in [5.74, 6) is -0.633. The number of benzene rings is 1. The Hall–Kier alpha value is -1.21. The van der Waals surface area contributed by atoms with Crippen molar-refractivity contribution >= 4 is 33.3 Å². The first-order chi connectivity index (χ1) is 8.20. The molecule has 0 saturated carbocycles. The smallest absolute Gasteiger partial charge is 0.337 e. The Balaban J connectivity index is 2.88. The number of thioether (sulfide) groups is 1. The molecule has 0 atom stereocenters. The molecule has 0 heterocycles. The Morgan fingerprint density at radius 1 is 1.44 bits per heavy atom. The first-order valence-electron chi connectivity index (χ1n) is 5.14. The SMILES string of the molecule is Cc1cc(SCCS(C)(=O)=O)cc(C(=O)O)c1N. The summed E-state index contributed by atoms with van der Waals surface area (Å²) in [5, 5.41) is 8.98. The lowest BCUT2D eigenvalue weighted by Crippen LogP contribution is -2.06. The fraction of sp³-hybridized carbons (Fsp3) is 0.364. The van der Waals surface area contributed by atoms with E-state index in [2.05, 4.69) is 0 Å². The van der Waals surface area contributed by atoms with Crippen molar-refractivity contribution in [2.75, 3.05) is 23.5 Å². The Bertz CT molecular complexity index is 567. The van der Waals surface area contributed by atoms with Crippen LogP contribution in [-0.2, 0) is 9.84 Å². The van der Waals surface area contributed by atoms with Gasteiger partial charge in [-0.3, -0.25) is 0 Å². The van der Waals surface area contributed by atoms with E-state index < -0.39 is 15.8 Å². The molecule has 1 rings (SSSR count). The number of sulfone groups is 1. The van der Waals surface area contributed by atoms with E-state index in [4.69, 9.17) is 10.8 Å². The summed E-state index contributed by atoms with van der Waals surface area (Å²) in [6.07, 6.45) is 1.17. The van der Waals surface area contributed by atoms with Gasteiger partial charge in [0, 0.05) is 22.6 Å². The number of carboxylic acids is 1. The molecule has 0 radical (unpaired) electrons. The van der Waals surface area contributed by atoms with Gasteiger partial charge < -0.3 is 10.8 Å². The number of rotatable bonds is 5. The summed E-state index contributed by atoms with van der Waals surface area (Å²) >= 11 is 1.30. The predicted molar refractivity (Wildman–Crippen MR) is 73.0 cm³/mol. The van der Waals surface area contributed by atoms with Crippen LogP contribution in [0.25, 0.3) is 0 Å². The van der Waals surface area contributed by atoms with Crippen LogP contribution in [0.5, 0.6) is 0 Å². The van der Waals surface area contributed by atoms with Crippen LogP contribution in [0.4, 0.5) is 5.69 Å². The maximum atomic E-state index is 11.0. The summed E-state index contributed by atoms with van der Waals surface area (Å²) in [5.41, 5.74) is 6.64. The lowest BCUT2D eigenvalue weighted by atomic mass is 10.1. The van der Waals surface area contributed by atoms with Gasteiger partial charge in [-0.2, -0.15) is 0 Å². The Kier molecular flexibility index (Phi) is 4.64. The largest absolute Gasteiger partial charge is 0.478 e. The average molecular weight is 289 g/mol. The van der Waals surface area contributed by atoms with Crippen molar-refractivity contribution in [3.8, 4) is 0 Å². The second-order valence-corrected chi connectivity index (χ2v) is 7.41. The lowest BCUT2D eigenvalue weighted by Gasteiger charge is -2.08. The number of hydrogen-bond acceptors (Lipinski definition) is 5. The van der Waals surface area contributed by atoms with E-state index in [0.29, 0.717) is 16.2 Å². The molecule has 1 aromatic carbocycles. The van der Waals surface area contributed by atoms with Gasteiger partial charge in [-0.05, 0) is 24.6 Å². The summed E-state index contributed by atoms with van der Waals surface area (Å²) in [6.45, 7) is 1.72. The molecule has 0 spiro atoms. The van der Waals surface area contributed by atoms with Crippen LogP contribution in [0.1, 0.15) is 15.9 Å². The highest BCUT2D eigenvalue weighted by Crippen LogP contribution is 2.26. The zero-order chi connectivity index (χ0) is 13.9. The third kappa shape index (κ3) is 4.23. The van der Waals surface area contributed by atoms with E-state index >= 15 is 0 Å². The second kappa shape index (κ2) is 5.62. The molecule has 3 N–H and O–H groups in total. The summed E-state index contributed by atoms with van der Waals surface area (Å²) in [7, 11) is -3.00. The van der Waals surface area contributed by atoms with Gasteiger partial charge in [0.2, 0.25) is 0 Å². The first kappa shape index (κ1) is 14.8. The van der Waals surface area contributed by atoms with Crippen molar-refractivity contribution in [3.05, 3.63) is 23.3 Å². The number of hydrogen-bond donors (Lipinski definition) is 2. The second-order valence-electron chi connectivity index (χ2n) is 3.98. The van der Waals surface area contributed by atoms with Crippen LogP contribution in [-0.4, -0.2) is 37.3 Å². The van der Waals surface area contributed by atoms with Gasteiger partial charge in [0.25, 0.3) is 0 Å². The molecule has 5 nitrogen and oxygen atoms in total. The Morgan fingerprint density at radius 3 is 2.56 bits per heavy atom. The molecule has 0 bridgehead atoms. The molecular weight excluding hydrogens is 274 g/mol. The van der Waals surface area contributed by atoms with Crippen molar-refractivity contribution in [1.82, 2.24) is 0 Å². The van der Waals surface area contributed by atoms with Crippen LogP contribution in [0.3, 0.4) is 0 Å². The van der Waals surface area contributed by atoms with Crippen molar-refractivity contribution in [2.45, 2.75) is 11.8 Å². The maximum Gasteiger partial charge on any atom is 0.337 e. The van der Waals surface area contributed by atoms with E-state index in [1.165, 1.54) is 24.1 Å². The summed E-state index contributed by atoms with van der Waals surface area (Å²) in [6, 6.07) is 3.23. The first-order valence-corrected chi connectivity index (χ1v) is 8.19. The van der Waals surface area contributed by atoms with E-state index in [0.717, 1.165) is 0 Å². The molecule has 1 aromatic rings. The monoisotopic (exact) mass is 289 g/mol. The zero-order valence-electron chi connectivity index (χ0n) is 10.1. The third-order valence-electron chi connectivity index (χ3n) is 2.31. The van der Waals surface area contributed by atoms with Crippen LogP contribution in [0.2, 0.25) is 0 Å². The van der Waals surface area contributed by atoms with Crippen LogP contribution in [0.15, 0.2) is 17.0 Å². The van der Waals surface area contributed by atoms with Crippen molar-refractivity contribution in [2.24, 2.45) is 0 Å². The van der Waals surface area contributed by atoms with Gasteiger partial charge in [0.1, 0.15) is 9.84 Å². The van der Waals surface area contributed by atoms with Gasteiger partial charge in [-0.1, -0.05) is 0 Å². The van der Waals surface area contributed by atoms with Gasteiger partial charge in [0.15, 0.2) is 0 Å². The van der Waals surface area contributed by atoms with Crippen molar-refractivity contribution in [1.29, 1.82) is 0 Å². The van der Waals surface area contributed by atoms with Gasteiger partial charge in [-0.15, -0.1) is 11.8 Å². The fourth-order valence-corrected chi connectivity index (χ4v) is 3.58. The highest BCUT2D eigenvalue weighted by Gasteiger charge is 2.12. The molecule has 0 aromatic heterocycles. The van der Waals surface area contributed by atoms with Crippen molar-refractivity contribution < 1.29 is 18.3 Å². The molecule has 0 saturated heterocycles. The third-order valence-corrected chi connectivity index (χ3v) is 4.50. The van der Waals surface area contributed by atoms with Crippen LogP contribution < -0.4 is 5.73 Å². The molecule has 7 heteroatoms. The minimum atomic E-state index is -3.00. The molecular formula is C11H15NO4S2. The minimum Gasteiger partial charge on any atom is -0.478 e. The summed E-state index contributed by atoms with van der Waals surface area (Å²) < 4.78 is 22.0. The van der Waals surface area contributed by atoms with Crippen molar-refractivity contribution in [3.63, 3.8) is 0 Å². The minimum absolute atomic E-state index is 0.0526. The highest BCUT2D eigenvalue weighted by atomic mass is 32.2. The van der Waals surface area contributed by atoms with E-state index in [9.17, 15) is 13.2 Å². The number of aryl methyl sites for hydroxylation is 1. The quantitative estimate of drug-likeness (QED) is 0.628. The molecule has 18 heavy (non-hydrogen) atoms. The topological polar surface area (TPSA) is 97.5 Å². The highest BCUT2D eigenvalue weighted by molar-refractivity contribution is 8.00. The standard InChI is InChI=1S/C11H15NO4S2/c1-7-5-8(17-3-4-18(2,15)16)6-9(10(7)12)11(13)14/h5-6H,3-4,12H2,1-2H3,(H,13,14). The number of aromatic carboxylic acids is 1. The van der Waals surface area contributed by atoms with Gasteiger partial charge >= 0.3 is 5.97 Å². The van der Waals surface area contributed by atoms with E-state index in [1.54, 1.807) is 13.0 Å². The number of nitrogens with two attached hydrogens (primary N) is 1. The molecule has 100 valence electrons. The number of carboxylic acid groups (broad SMARTS) is 1. The van der Waals surface area contributed by atoms with E-state index in [1.807, 2.05) is 0 Å². The molecule has 0 amide bonds. The lowest BCUT2D eigenvalue weighted by molar-refractivity contribution is 0.0697. The van der Waals surface area contributed by atoms with E-state index in [-0.39, 0.29) is 17.0 Å². The Labute approximate surface area is 110 Å². The zero-order valence-corrected chi connectivity index (χ0v) is 11.8. The molecule has 0 aliphatic rings. The molecule has 0 unspecified atom stereocenters. The van der Waals surface area contributed by atoms with Crippen LogP contribution in [0, 0.1) is 6.92 Å². The van der Waals surface area contributed by atoms with Gasteiger partial charge in [-0.25, -0.2) is 13.2 Å². The predicted octanol–water partition coefficient (Wildman–Crippen LogP) is 1.41. The molecule has 0 fully saturated rings. The molecule has 0 aliphatic heterocycles. The number of anilines is 1. The number of nitrogen functional groups attached to an aromatic ring is 1. The number of carbonyl (C=O) groups is 1. The van der Waals surface area contributed by atoms with Crippen LogP contribution >= 0.6 is 11.8 Å².